The van der Waals surface area contributed by atoms with Gasteiger partial charge in [0, 0.05) is 25.2 Å². The molecular formula is C25H31N7O. The van der Waals surface area contributed by atoms with E-state index in [4.69, 9.17) is 5.26 Å². The first-order chi connectivity index (χ1) is 16.2. The number of nitriles is 1. The summed E-state index contributed by atoms with van der Waals surface area (Å²) in [7, 11) is 0. The zero-order valence-electron chi connectivity index (χ0n) is 19.1. The molecule has 0 unspecified atom stereocenters. The molecular weight excluding hydrogens is 414 g/mol. The summed E-state index contributed by atoms with van der Waals surface area (Å²) < 4.78 is 0. The highest BCUT2D eigenvalue weighted by molar-refractivity contribution is 5.81. The van der Waals surface area contributed by atoms with Gasteiger partial charge in [-0.3, -0.25) is 4.79 Å². The normalized spacial score (nSPS) is 15.0. The first-order valence-electron chi connectivity index (χ1n) is 11.6. The summed E-state index contributed by atoms with van der Waals surface area (Å²) in [4.78, 5) is 21.1. The predicted molar refractivity (Wildman–Crippen MR) is 130 cm³/mol. The summed E-state index contributed by atoms with van der Waals surface area (Å²) in [5.74, 6) is 7.56. The summed E-state index contributed by atoms with van der Waals surface area (Å²) >= 11 is 0. The number of carbonyl (C=O) groups excluding carboxylic acids is 1. The third kappa shape index (κ3) is 7.78. The fourth-order valence-corrected chi connectivity index (χ4v) is 3.41. The number of benzene rings is 1. The van der Waals surface area contributed by atoms with Crippen molar-refractivity contribution >= 4 is 23.4 Å². The molecule has 1 aromatic carbocycles. The van der Waals surface area contributed by atoms with Gasteiger partial charge in [0.25, 0.3) is 0 Å². The second-order valence-electron chi connectivity index (χ2n) is 7.90. The second kappa shape index (κ2) is 13.0. The fourth-order valence-electron chi connectivity index (χ4n) is 3.41. The minimum absolute atomic E-state index is 0.0504. The van der Waals surface area contributed by atoms with Gasteiger partial charge in [-0.25, -0.2) is 4.98 Å². The van der Waals surface area contributed by atoms with Crippen LogP contribution < -0.4 is 21.3 Å². The molecule has 1 atom stereocenters. The van der Waals surface area contributed by atoms with Gasteiger partial charge < -0.3 is 21.3 Å². The molecule has 2 heterocycles. The van der Waals surface area contributed by atoms with Crippen molar-refractivity contribution in [2.45, 2.75) is 51.5 Å². The Hall–Kier alpha value is -3.62. The average molecular weight is 446 g/mol. The number of unbranched alkanes of at least 4 members (excludes halogenated alkanes) is 1. The molecule has 0 bridgehead atoms. The highest BCUT2D eigenvalue weighted by Gasteiger charge is 2.19. The van der Waals surface area contributed by atoms with E-state index in [0.29, 0.717) is 30.3 Å². The number of hydrogen-bond donors (Lipinski definition) is 4. The molecule has 33 heavy (non-hydrogen) atoms. The summed E-state index contributed by atoms with van der Waals surface area (Å²) in [6, 6.07) is 9.17. The van der Waals surface area contributed by atoms with E-state index in [1.165, 1.54) is 0 Å². The Balaban J connectivity index is 1.53. The van der Waals surface area contributed by atoms with Gasteiger partial charge in [-0.2, -0.15) is 10.2 Å². The van der Waals surface area contributed by atoms with Gasteiger partial charge in [-0.05, 0) is 56.5 Å². The zero-order valence-corrected chi connectivity index (χ0v) is 19.1. The molecule has 3 rings (SSSR count). The lowest BCUT2D eigenvalue weighted by molar-refractivity contribution is -0.123. The predicted octanol–water partition coefficient (Wildman–Crippen LogP) is 3.30. The van der Waals surface area contributed by atoms with Crippen LogP contribution in [0.3, 0.4) is 0 Å². The van der Waals surface area contributed by atoms with Gasteiger partial charge in [0.2, 0.25) is 11.9 Å². The van der Waals surface area contributed by atoms with Crippen molar-refractivity contribution in [2.24, 2.45) is 0 Å². The van der Waals surface area contributed by atoms with Crippen LogP contribution in [0.4, 0.5) is 17.5 Å². The molecule has 1 amide bonds. The molecule has 1 fully saturated rings. The van der Waals surface area contributed by atoms with Gasteiger partial charge in [-0.15, -0.1) is 0 Å². The van der Waals surface area contributed by atoms with Crippen LogP contribution in [-0.2, 0) is 4.79 Å². The minimum Gasteiger partial charge on any atom is -0.369 e. The van der Waals surface area contributed by atoms with E-state index in [2.05, 4.69) is 56.1 Å². The topological polar surface area (TPSA) is 115 Å². The third-order valence-corrected chi connectivity index (χ3v) is 5.23. The van der Waals surface area contributed by atoms with Crippen LogP contribution in [-0.4, -0.2) is 41.6 Å². The molecule has 172 valence electrons. The highest BCUT2D eigenvalue weighted by atomic mass is 16.2. The Morgan fingerprint density at radius 2 is 2.09 bits per heavy atom. The van der Waals surface area contributed by atoms with Crippen LogP contribution in [0.15, 0.2) is 30.5 Å². The van der Waals surface area contributed by atoms with Crippen LogP contribution in [0.5, 0.6) is 0 Å². The molecule has 1 aliphatic rings. The first-order valence-corrected chi connectivity index (χ1v) is 11.6. The average Bonchev–Trinajstić information content (AvgIpc) is 2.86. The molecule has 4 N–H and O–H groups in total. The molecule has 2 aromatic rings. The maximum atomic E-state index is 12.1. The molecule has 0 saturated carbocycles. The van der Waals surface area contributed by atoms with Crippen LogP contribution in [0.1, 0.15) is 56.6 Å². The Kier molecular flexibility index (Phi) is 9.50. The van der Waals surface area contributed by atoms with E-state index in [-0.39, 0.29) is 11.9 Å². The number of piperidine rings is 1. The molecule has 1 aromatic heterocycles. The number of carbonyl (C=O) groups is 1. The van der Waals surface area contributed by atoms with Crippen LogP contribution in [0, 0.1) is 23.2 Å². The van der Waals surface area contributed by atoms with Gasteiger partial charge in [-0.1, -0.05) is 25.2 Å². The Morgan fingerprint density at radius 3 is 2.82 bits per heavy atom. The van der Waals surface area contributed by atoms with E-state index < -0.39 is 0 Å². The Morgan fingerprint density at radius 1 is 1.24 bits per heavy atom. The lowest BCUT2D eigenvalue weighted by Crippen LogP contribution is -2.46. The zero-order chi connectivity index (χ0) is 23.3. The smallest absolute Gasteiger partial charge is 0.237 e. The van der Waals surface area contributed by atoms with Crippen molar-refractivity contribution in [1.29, 1.82) is 5.26 Å². The van der Waals surface area contributed by atoms with Gasteiger partial charge in [0.05, 0.1) is 29.4 Å². The molecule has 8 heteroatoms. The number of aromatic nitrogens is 2. The van der Waals surface area contributed by atoms with Crippen LogP contribution in [0.2, 0.25) is 0 Å². The fraction of sp³-hybridized carbons (Fsp3) is 0.440. The van der Waals surface area contributed by atoms with Crippen molar-refractivity contribution in [1.82, 2.24) is 20.6 Å². The number of nitrogens with one attached hydrogen (secondary N) is 4. The standard InChI is InChI=1S/C25H31N7O/c1-2-14-28-23-20(8-4-3-6-16-29-24(33)22-9-5-7-15-27-22)18-30-25(32-23)31-21-12-10-19(17-26)11-13-21/h10-13,18,22,27H,2-3,5-7,9,14-16H2,1H3,(H,29,33)(H2,28,30,31,32)/t22-/m1/s1. The van der Waals surface area contributed by atoms with Gasteiger partial charge >= 0.3 is 0 Å². The molecule has 1 saturated heterocycles. The Bertz CT molecular complexity index is 1010. The summed E-state index contributed by atoms with van der Waals surface area (Å²) in [5.41, 5.74) is 2.15. The maximum absolute atomic E-state index is 12.1. The molecule has 0 radical (unpaired) electrons. The number of amides is 1. The number of rotatable bonds is 9. The van der Waals surface area contributed by atoms with E-state index in [1.54, 1.807) is 18.3 Å². The SMILES string of the molecule is CCCNc1nc(Nc2ccc(C#N)cc2)ncc1C#CCCCNC(=O)[C@H]1CCCCN1. The van der Waals surface area contributed by atoms with Crippen molar-refractivity contribution in [3.05, 3.63) is 41.6 Å². The van der Waals surface area contributed by atoms with E-state index in [9.17, 15) is 4.79 Å². The largest absolute Gasteiger partial charge is 0.369 e. The van der Waals surface area contributed by atoms with E-state index in [1.807, 2.05) is 12.1 Å². The molecule has 1 aliphatic heterocycles. The second-order valence-corrected chi connectivity index (χ2v) is 7.90. The van der Waals surface area contributed by atoms with Crippen molar-refractivity contribution in [2.75, 3.05) is 30.3 Å². The van der Waals surface area contributed by atoms with Crippen molar-refractivity contribution in [3.8, 4) is 17.9 Å². The van der Waals surface area contributed by atoms with Gasteiger partial charge in [0.15, 0.2) is 0 Å². The number of nitrogens with zero attached hydrogens (tertiary/aromatic N) is 3. The monoisotopic (exact) mass is 445 g/mol. The molecule has 0 spiro atoms. The van der Waals surface area contributed by atoms with Crippen LogP contribution >= 0.6 is 0 Å². The lowest BCUT2D eigenvalue weighted by atomic mass is 10.0. The summed E-state index contributed by atoms with van der Waals surface area (Å²) in [5, 5.41) is 21.7. The quantitative estimate of drug-likeness (QED) is 0.346. The van der Waals surface area contributed by atoms with Crippen molar-refractivity contribution < 1.29 is 4.79 Å². The van der Waals surface area contributed by atoms with E-state index >= 15 is 0 Å². The van der Waals surface area contributed by atoms with Crippen LogP contribution in [0.25, 0.3) is 0 Å². The number of anilines is 3. The lowest BCUT2D eigenvalue weighted by Gasteiger charge is -2.22. The summed E-state index contributed by atoms with van der Waals surface area (Å²) in [6.45, 7) is 4.41. The minimum atomic E-state index is -0.0504. The number of hydrogen-bond acceptors (Lipinski definition) is 7. The third-order valence-electron chi connectivity index (χ3n) is 5.23. The maximum Gasteiger partial charge on any atom is 0.237 e. The molecule has 8 nitrogen and oxygen atoms in total. The highest BCUT2D eigenvalue weighted by Crippen LogP contribution is 2.18. The van der Waals surface area contributed by atoms with E-state index in [0.717, 1.165) is 56.4 Å². The van der Waals surface area contributed by atoms with Crippen molar-refractivity contribution in [3.63, 3.8) is 0 Å². The first kappa shape index (κ1) is 24.0. The van der Waals surface area contributed by atoms with Gasteiger partial charge in [0.1, 0.15) is 5.82 Å². The molecule has 0 aliphatic carbocycles. The summed E-state index contributed by atoms with van der Waals surface area (Å²) in [6.07, 6.45) is 7.30. The Labute approximate surface area is 195 Å².